The van der Waals surface area contributed by atoms with E-state index in [0.717, 1.165) is 25.7 Å². The van der Waals surface area contributed by atoms with Crippen LogP contribution in [-0.4, -0.2) is 70.4 Å². The first-order valence-electron chi connectivity index (χ1n) is 9.02. The molecule has 0 saturated heterocycles. The van der Waals surface area contributed by atoms with Crippen molar-refractivity contribution in [3.63, 3.8) is 0 Å². The molecule has 0 aromatic heterocycles. The van der Waals surface area contributed by atoms with Crippen molar-refractivity contribution in [3.8, 4) is 0 Å². The molecule has 26 heavy (non-hydrogen) atoms. The fourth-order valence-electron chi connectivity index (χ4n) is 4.51. The lowest BCUT2D eigenvalue weighted by molar-refractivity contribution is -0.241. The third kappa shape index (κ3) is 6.70. The summed E-state index contributed by atoms with van der Waals surface area (Å²) >= 11 is 0. The second-order valence-corrected chi connectivity index (χ2v) is 9.33. The average Bonchev–Trinajstić information content (AvgIpc) is 2.53. The molecule has 0 spiro atoms. The van der Waals surface area contributed by atoms with Crippen LogP contribution in [0.1, 0.15) is 45.4 Å². The van der Waals surface area contributed by atoms with Crippen LogP contribution < -0.4 is 0 Å². The van der Waals surface area contributed by atoms with Gasteiger partial charge < -0.3 is 23.7 Å². The maximum absolute atomic E-state index is 10.8. The van der Waals surface area contributed by atoms with Crippen LogP contribution in [-0.2, 0) is 33.8 Å². The Bertz CT molecular complexity index is 537. The SMILES string of the molecule is COCOC1(C)CC2CC(OCCCS(=O)(=O)O)CC(OCOC)(C2)C1. The normalized spacial score (nSPS) is 34.8. The van der Waals surface area contributed by atoms with Gasteiger partial charge in [-0.2, -0.15) is 8.42 Å². The molecule has 2 rings (SSSR count). The molecule has 2 fully saturated rings. The zero-order valence-corrected chi connectivity index (χ0v) is 16.8. The molecule has 9 heteroatoms. The molecular weight excluding hydrogens is 364 g/mol. The summed E-state index contributed by atoms with van der Waals surface area (Å²) in [7, 11) is -0.727. The van der Waals surface area contributed by atoms with Crippen molar-refractivity contribution in [1.29, 1.82) is 0 Å². The van der Waals surface area contributed by atoms with Crippen molar-refractivity contribution < 1.29 is 36.7 Å². The average molecular weight is 397 g/mol. The number of ether oxygens (including phenoxy) is 5. The van der Waals surface area contributed by atoms with E-state index in [4.69, 9.17) is 28.2 Å². The summed E-state index contributed by atoms with van der Waals surface area (Å²) in [6.45, 7) is 2.85. The fraction of sp³-hybridized carbons (Fsp3) is 1.00. The van der Waals surface area contributed by atoms with Crippen LogP contribution in [0.2, 0.25) is 0 Å². The van der Waals surface area contributed by atoms with Gasteiger partial charge in [-0.05, 0) is 38.5 Å². The van der Waals surface area contributed by atoms with E-state index in [-0.39, 0.29) is 43.1 Å². The van der Waals surface area contributed by atoms with Gasteiger partial charge >= 0.3 is 0 Å². The van der Waals surface area contributed by atoms with E-state index in [1.54, 1.807) is 14.2 Å². The lowest BCUT2D eigenvalue weighted by Gasteiger charge is -2.53. The number of methoxy groups -OCH3 is 2. The van der Waals surface area contributed by atoms with Gasteiger partial charge in [0.2, 0.25) is 0 Å². The van der Waals surface area contributed by atoms with Crippen LogP contribution in [0.15, 0.2) is 0 Å². The van der Waals surface area contributed by atoms with Crippen LogP contribution in [0.3, 0.4) is 0 Å². The van der Waals surface area contributed by atoms with Gasteiger partial charge in [0.1, 0.15) is 13.6 Å². The maximum Gasteiger partial charge on any atom is 0.264 e. The Morgan fingerprint density at radius 1 is 1.08 bits per heavy atom. The highest BCUT2D eigenvalue weighted by Crippen LogP contribution is 2.50. The number of hydrogen-bond acceptors (Lipinski definition) is 7. The number of hydrogen-bond donors (Lipinski definition) is 1. The van der Waals surface area contributed by atoms with Crippen molar-refractivity contribution in [2.45, 2.75) is 62.8 Å². The van der Waals surface area contributed by atoms with Crippen molar-refractivity contribution >= 4 is 10.1 Å². The molecular formula is C17H32O8S. The van der Waals surface area contributed by atoms with Crippen LogP contribution in [0.5, 0.6) is 0 Å². The third-order valence-electron chi connectivity index (χ3n) is 5.18. The zero-order valence-electron chi connectivity index (χ0n) is 15.9. The summed E-state index contributed by atoms with van der Waals surface area (Å²) in [6.07, 6.45) is 4.45. The van der Waals surface area contributed by atoms with Gasteiger partial charge in [0.05, 0.1) is 23.1 Å². The predicted molar refractivity (Wildman–Crippen MR) is 94.4 cm³/mol. The summed E-state index contributed by atoms with van der Waals surface area (Å²) in [5, 5.41) is 0. The van der Waals surface area contributed by atoms with Crippen LogP contribution in [0.25, 0.3) is 0 Å². The Balaban J connectivity index is 1.97. The molecule has 0 aromatic carbocycles. The van der Waals surface area contributed by atoms with E-state index in [2.05, 4.69) is 6.92 Å². The minimum Gasteiger partial charge on any atom is -0.378 e. The molecule has 154 valence electrons. The Labute approximate surface area is 156 Å². The first-order valence-corrected chi connectivity index (χ1v) is 10.6. The molecule has 2 saturated carbocycles. The highest BCUT2D eigenvalue weighted by Gasteiger charge is 2.52. The van der Waals surface area contributed by atoms with Gasteiger partial charge in [-0.25, -0.2) is 0 Å². The van der Waals surface area contributed by atoms with Crippen LogP contribution in [0, 0.1) is 5.92 Å². The molecule has 2 aliphatic carbocycles. The second kappa shape index (κ2) is 9.27. The largest absolute Gasteiger partial charge is 0.378 e. The molecule has 0 heterocycles. The first kappa shape index (κ1) is 22.0. The zero-order chi connectivity index (χ0) is 19.3. The topological polar surface area (TPSA) is 101 Å². The van der Waals surface area contributed by atoms with E-state index in [9.17, 15) is 8.42 Å². The molecule has 0 aromatic rings. The van der Waals surface area contributed by atoms with Gasteiger partial charge in [0, 0.05) is 33.7 Å². The quantitative estimate of drug-likeness (QED) is 0.321. The third-order valence-corrected chi connectivity index (χ3v) is 5.99. The standard InChI is InChI=1S/C17H32O8S/c1-16(24-12-21-2)8-14-7-15(23-5-4-6-26(18,19)20)10-17(9-14,11-16)25-13-22-3/h14-15H,4-13H2,1-3H3,(H,18,19,20). The number of rotatable bonds is 11. The molecule has 4 unspecified atom stereocenters. The molecule has 2 aliphatic rings. The lowest BCUT2D eigenvalue weighted by atomic mass is 9.63. The summed E-state index contributed by atoms with van der Waals surface area (Å²) < 4.78 is 58.6. The summed E-state index contributed by atoms with van der Waals surface area (Å²) in [5.74, 6) is 0.111. The molecule has 2 bridgehead atoms. The van der Waals surface area contributed by atoms with Crippen LogP contribution >= 0.6 is 0 Å². The first-order chi connectivity index (χ1) is 12.2. The van der Waals surface area contributed by atoms with E-state index >= 15 is 0 Å². The van der Waals surface area contributed by atoms with Gasteiger partial charge in [0.25, 0.3) is 10.1 Å². The van der Waals surface area contributed by atoms with E-state index in [1.165, 1.54) is 0 Å². The van der Waals surface area contributed by atoms with Crippen molar-refractivity contribution in [2.75, 3.05) is 40.2 Å². The monoisotopic (exact) mass is 396 g/mol. The number of fused-ring (bicyclic) bond motifs is 2. The van der Waals surface area contributed by atoms with Crippen LogP contribution in [0.4, 0.5) is 0 Å². The van der Waals surface area contributed by atoms with Gasteiger partial charge in [-0.15, -0.1) is 0 Å². The van der Waals surface area contributed by atoms with Crippen molar-refractivity contribution in [2.24, 2.45) is 5.92 Å². The summed E-state index contributed by atoms with van der Waals surface area (Å²) in [4.78, 5) is 0. The summed E-state index contributed by atoms with van der Waals surface area (Å²) in [6, 6.07) is 0. The van der Waals surface area contributed by atoms with E-state index in [0.29, 0.717) is 18.9 Å². The Morgan fingerprint density at radius 3 is 2.42 bits per heavy atom. The highest BCUT2D eigenvalue weighted by atomic mass is 32.2. The van der Waals surface area contributed by atoms with E-state index < -0.39 is 10.1 Å². The Kier molecular flexibility index (Phi) is 7.85. The fourth-order valence-corrected chi connectivity index (χ4v) is 4.99. The highest BCUT2D eigenvalue weighted by molar-refractivity contribution is 7.85. The minimum absolute atomic E-state index is 0.000946. The lowest BCUT2D eigenvalue weighted by Crippen LogP contribution is -2.55. The molecule has 0 aliphatic heterocycles. The van der Waals surface area contributed by atoms with Gasteiger partial charge in [0.15, 0.2) is 0 Å². The molecule has 0 radical (unpaired) electrons. The smallest absolute Gasteiger partial charge is 0.264 e. The second-order valence-electron chi connectivity index (χ2n) is 7.76. The molecule has 1 N–H and O–H groups in total. The van der Waals surface area contributed by atoms with Gasteiger partial charge in [-0.3, -0.25) is 4.55 Å². The molecule has 4 atom stereocenters. The van der Waals surface area contributed by atoms with E-state index in [1.807, 2.05) is 0 Å². The molecule has 8 nitrogen and oxygen atoms in total. The van der Waals surface area contributed by atoms with Crippen molar-refractivity contribution in [1.82, 2.24) is 0 Å². The van der Waals surface area contributed by atoms with Gasteiger partial charge in [-0.1, -0.05) is 0 Å². The van der Waals surface area contributed by atoms with Crippen molar-refractivity contribution in [3.05, 3.63) is 0 Å². The minimum atomic E-state index is -3.94. The predicted octanol–water partition coefficient (Wildman–Crippen LogP) is 1.98. The maximum atomic E-state index is 10.8. The Morgan fingerprint density at radius 2 is 1.77 bits per heavy atom. The summed E-state index contributed by atoms with van der Waals surface area (Å²) in [5.41, 5.74) is -0.698. The Hall–Kier alpha value is -0.290. The molecule has 0 amide bonds.